The normalized spacial score (nSPS) is 11.8. The van der Waals surface area contributed by atoms with Crippen LogP contribution in [0.5, 0.6) is 63.2 Å². The maximum atomic E-state index is 14.5. The molecule has 0 amide bonds. The summed E-state index contributed by atoms with van der Waals surface area (Å²) in [6.07, 6.45) is -12.6. The standard InChI is InChI=1S/C43H30F6O9S2.C15H10F6O2.C12H8F2O2S.C8H4F2.C6H6O5S.2K/c1-4-28-6-5-27(2)25-39(28)58-35-19-24-38(40(26-35)60(52,53)54)57-34-17-22-37(23-18-34)59(50,51)36-20-15-33(16-21-36)56-32-13-9-30(10-14-32)41(42(44,45)46,43(47,48)49)29-7-11-31(55-3)12-8-29;16-14(17,18)13(15(19,20)21,9-1-5-11(22)6-2-9)10-3-7-12(23)8-4-10;13-9-1-5-11(6-2-9)17(15,16)12-7-3-10(14)4-8-12;1-2-6-3-4-7(9)5-8(6)10;7-4-1-2-5(8)6(3-4)12(9,10)11;;/h1,5-26H,2-3H3,(H,52,53,54);1-8,22-23H;1-8H;1,3-5H;1-3,7-8H,(H,9,10,11);;/q;;;;;2*+1/p-2. The van der Waals surface area contributed by atoms with Gasteiger partial charge >= 0.3 is 127 Å². The predicted molar refractivity (Wildman–Crippen MR) is 404 cm³/mol. The minimum atomic E-state index is -5.81. The van der Waals surface area contributed by atoms with Gasteiger partial charge in [0.1, 0.15) is 112 Å². The van der Waals surface area contributed by atoms with Gasteiger partial charge in [-0.25, -0.2) is 51.2 Å². The Morgan fingerprint density at radius 1 is 0.331 bits per heavy atom. The van der Waals surface area contributed by atoms with Crippen LogP contribution in [-0.4, -0.2) is 95.0 Å². The zero-order valence-corrected chi connectivity index (χ0v) is 73.3. The summed E-state index contributed by atoms with van der Waals surface area (Å²) in [4.78, 5) is -2.04. The van der Waals surface area contributed by atoms with Crippen molar-refractivity contribution < 1.29 is 255 Å². The molecule has 0 aliphatic rings. The monoisotopic (exact) mass is 1860 g/mol. The molecule has 4 N–H and O–H groups in total. The van der Waals surface area contributed by atoms with Gasteiger partial charge < -0.3 is 48.5 Å². The summed E-state index contributed by atoms with van der Waals surface area (Å²) in [7, 11) is -16.5. The number of methoxy groups -OCH3 is 1. The van der Waals surface area contributed by atoms with E-state index in [0.717, 1.165) is 109 Å². The van der Waals surface area contributed by atoms with Crippen molar-refractivity contribution >= 4 is 39.9 Å². The topological polar surface area (TPSA) is 301 Å². The predicted octanol–water partition coefficient (Wildman–Crippen LogP) is 13.8. The van der Waals surface area contributed by atoms with E-state index in [-0.39, 0.29) is 174 Å². The molecule has 12 aromatic rings. The van der Waals surface area contributed by atoms with Gasteiger partial charge in [0, 0.05) is 18.2 Å². The summed E-state index contributed by atoms with van der Waals surface area (Å²) in [5.41, 5.74) is -11.7. The van der Waals surface area contributed by atoms with Crippen LogP contribution in [0.2, 0.25) is 0 Å². The Labute approximate surface area is 782 Å². The maximum absolute atomic E-state index is 14.5. The molecule has 0 aromatic heterocycles. The maximum Gasteiger partial charge on any atom is 1.00 e. The largest absolute Gasteiger partial charge is 1.00 e. The Morgan fingerprint density at radius 3 is 0.992 bits per heavy atom. The van der Waals surface area contributed by atoms with Crippen molar-refractivity contribution in [2.45, 2.75) is 71.8 Å². The Balaban J connectivity index is 0.000000298. The van der Waals surface area contributed by atoms with Crippen LogP contribution in [0.1, 0.15) is 38.9 Å². The second-order valence-corrected chi connectivity index (χ2v) is 31.7. The number of aryl methyl sites for hydroxylation is 1. The first kappa shape index (κ1) is 103. The molecular weight excluding hydrogens is 1810 g/mol. The average Bonchev–Trinajstić information content (AvgIpc) is 0.720. The zero-order chi connectivity index (χ0) is 90.5. The Bertz CT molecular complexity index is 6160. The SMILES string of the molecule is C#Cc1ccc(C)cc1Oc1ccc(Oc2ccc(S(=O)(=O)c3ccc(Oc4ccc(C(c5ccc(OC)cc5)(C(F)(F)F)C(F)(F)F)cc4)cc3)cc2)c(S(=O)(=O)[O-])c1.C#Cc1ccc(F)cc1F.O=S(=O)([O-])c1cc(O)ccc1O.O=S(=O)(c1ccc(F)cc1)c1ccc(F)cc1.Oc1ccc(C(c2ccc(O)cc2)(C(F)(F)F)C(F)(F)F)cc1.[K+].[K+]. The van der Waals surface area contributed by atoms with Crippen molar-refractivity contribution in [2.24, 2.45) is 0 Å². The van der Waals surface area contributed by atoms with E-state index >= 15 is 0 Å². The van der Waals surface area contributed by atoms with Gasteiger partial charge in [0.05, 0.1) is 42.7 Å². The van der Waals surface area contributed by atoms with Gasteiger partial charge in [0.15, 0.2) is 0 Å². The smallest absolute Gasteiger partial charge is 0.744 e. The van der Waals surface area contributed by atoms with Crippen LogP contribution in [0.25, 0.3) is 0 Å². The summed E-state index contributed by atoms with van der Waals surface area (Å²) >= 11 is 0. The number of hydrogen-bond donors (Lipinski definition) is 4. The fourth-order valence-corrected chi connectivity index (χ4v) is 15.0. The molecule has 638 valence electrons. The third kappa shape index (κ3) is 24.8. The van der Waals surface area contributed by atoms with E-state index in [0.29, 0.717) is 60.2 Å². The fourth-order valence-electron chi connectivity index (χ4n) is 11.2. The molecule has 0 atom stereocenters. The van der Waals surface area contributed by atoms with Crippen LogP contribution in [0.3, 0.4) is 0 Å². The van der Waals surface area contributed by atoms with E-state index < -0.39 is 148 Å². The van der Waals surface area contributed by atoms with Gasteiger partial charge in [-0.3, -0.25) is 0 Å². The Kier molecular flexibility index (Phi) is 34.7. The first-order valence-corrected chi connectivity index (χ1v) is 39.5. The van der Waals surface area contributed by atoms with Crippen molar-refractivity contribution in [3.05, 3.63) is 329 Å². The third-order valence-corrected chi connectivity index (χ3v) is 22.4. The molecule has 0 spiro atoms. The summed E-state index contributed by atoms with van der Waals surface area (Å²) in [5.74, 6) is 0.00309. The molecule has 18 nitrogen and oxygen atoms in total. The Hall–Kier alpha value is -9.97. The molecule has 0 aliphatic carbocycles. The van der Waals surface area contributed by atoms with Crippen molar-refractivity contribution in [1.29, 1.82) is 0 Å². The number of sulfone groups is 2. The molecule has 0 radical (unpaired) electrons. The number of phenolic OH excluding ortho intramolecular Hbond substituents is 4. The molecule has 0 aliphatic heterocycles. The second-order valence-electron chi connectivity index (χ2n) is 25.1. The zero-order valence-electron chi connectivity index (χ0n) is 63.7. The van der Waals surface area contributed by atoms with Crippen molar-refractivity contribution in [3.63, 3.8) is 0 Å². The van der Waals surface area contributed by atoms with Gasteiger partial charge in [-0.05, 0) is 229 Å². The van der Waals surface area contributed by atoms with E-state index in [2.05, 4.69) is 11.8 Å². The first-order valence-electron chi connectivity index (χ1n) is 33.7. The van der Waals surface area contributed by atoms with Crippen LogP contribution in [0.4, 0.5) is 70.2 Å². The number of rotatable bonds is 17. The van der Waals surface area contributed by atoms with Crippen LogP contribution >= 0.6 is 0 Å². The van der Waals surface area contributed by atoms with Gasteiger partial charge in [0.2, 0.25) is 30.5 Å². The number of benzene rings is 12. The second kappa shape index (κ2) is 41.9. The molecule has 0 unspecified atom stereocenters. The molecular formula is C84H56F16K2O18S4. The molecule has 124 heavy (non-hydrogen) atoms. The number of hydrogen-bond acceptors (Lipinski definition) is 18. The van der Waals surface area contributed by atoms with Crippen LogP contribution in [0.15, 0.2) is 296 Å². The van der Waals surface area contributed by atoms with E-state index in [1.54, 1.807) is 25.1 Å². The van der Waals surface area contributed by atoms with E-state index in [1.165, 1.54) is 98.1 Å². The number of terminal acetylenes is 2. The average molecular weight is 1860 g/mol. The summed E-state index contributed by atoms with van der Waals surface area (Å²) < 4.78 is 359. The molecule has 0 saturated carbocycles. The summed E-state index contributed by atoms with van der Waals surface area (Å²) in [6, 6.07) is 44.8. The summed E-state index contributed by atoms with van der Waals surface area (Å²) in [5, 5.41) is 35.9. The minimum absolute atomic E-state index is 0. The molecule has 0 heterocycles. The van der Waals surface area contributed by atoms with Crippen LogP contribution < -0.4 is 122 Å². The fraction of sp³-hybridized carbons (Fsp3) is 0.0952. The first-order chi connectivity index (χ1) is 56.8. The quantitative estimate of drug-likeness (QED) is 0.0164. The number of ether oxygens (including phenoxy) is 4. The number of aromatic hydroxyl groups is 4. The molecule has 0 bridgehead atoms. The van der Waals surface area contributed by atoms with Crippen LogP contribution in [-0.2, 0) is 50.7 Å². The van der Waals surface area contributed by atoms with Crippen molar-refractivity contribution in [1.82, 2.24) is 0 Å². The van der Waals surface area contributed by atoms with E-state index in [9.17, 15) is 113 Å². The van der Waals surface area contributed by atoms with Gasteiger partial charge in [-0.1, -0.05) is 66.4 Å². The van der Waals surface area contributed by atoms with Crippen molar-refractivity contribution in [2.75, 3.05) is 7.11 Å². The van der Waals surface area contributed by atoms with E-state index in [4.69, 9.17) is 52.2 Å². The van der Waals surface area contributed by atoms with Gasteiger partial charge in [-0.2, -0.15) is 52.7 Å². The molecule has 12 rings (SSSR count). The van der Waals surface area contributed by atoms with Gasteiger partial charge in [0.25, 0.3) is 0 Å². The number of phenols is 4. The van der Waals surface area contributed by atoms with Crippen molar-refractivity contribution in [3.8, 4) is 87.9 Å². The number of alkyl halides is 12. The molecule has 0 saturated heterocycles. The minimum Gasteiger partial charge on any atom is -0.744 e. The van der Waals surface area contributed by atoms with E-state index in [1.807, 2.05) is 0 Å². The molecule has 0 fully saturated rings. The van der Waals surface area contributed by atoms with Gasteiger partial charge in [-0.15, -0.1) is 12.8 Å². The molecule has 12 aromatic carbocycles. The van der Waals surface area contributed by atoms with Crippen LogP contribution in [0, 0.1) is 54.9 Å². The third-order valence-electron chi connectivity index (χ3n) is 17.1. The molecule has 40 heteroatoms. The number of halogens is 16. The summed E-state index contributed by atoms with van der Waals surface area (Å²) in [6.45, 7) is 1.79. The Morgan fingerprint density at radius 2 is 0.645 bits per heavy atom.